The number of hydrogen-bond acceptors (Lipinski definition) is 5. The van der Waals surface area contributed by atoms with Crippen LogP contribution in [0.25, 0.3) is 0 Å². The fraction of sp³-hybridized carbons (Fsp3) is 0.800. The average molecular weight is 220 g/mol. The molecule has 7 heteroatoms. The monoisotopic (exact) mass is 220 g/mol. The van der Waals surface area contributed by atoms with Gasteiger partial charge in [0.05, 0.1) is 13.0 Å². The molecular weight excluding hydrogens is 211 g/mol. The smallest absolute Gasteiger partial charge is 0.649 e. The quantitative estimate of drug-likeness (QED) is 0.216. The van der Waals surface area contributed by atoms with Crippen LogP contribution < -0.4 is 29.6 Å². The third kappa shape index (κ3) is 10.8. The second-order valence-corrected chi connectivity index (χ2v) is 4.86. The molecule has 0 atom stereocenters. The van der Waals surface area contributed by atoms with Crippen molar-refractivity contribution in [3.8, 4) is 0 Å². The van der Waals surface area contributed by atoms with Gasteiger partial charge in [0, 0.05) is 14.6 Å². The van der Waals surface area contributed by atoms with Crippen molar-refractivity contribution in [2.45, 2.75) is 13.3 Å². The standard InChI is InChI=1S/C5H10O4S2.Na/c1-2-9-5(6)3-4-11(7,8)10;/h2-4H2,1H3,(H,7,8,10);/q;+1/p-1. The van der Waals surface area contributed by atoms with Crippen LogP contribution in [-0.4, -0.2) is 26.7 Å². The van der Waals surface area contributed by atoms with Gasteiger partial charge < -0.3 is 16.4 Å². The molecule has 0 saturated carbocycles. The van der Waals surface area contributed by atoms with Crippen LogP contribution in [0.1, 0.15) is 13.3 Å². The Morgan fingerprint density at radius 3 is 2.33 bits per heavy atom. The number of esters is 1. The fourth-order valence-corrected chi connectivity index (χ4v) is 1.11. The van der Waals surface area contributed by atoms with Gasteiger partial charge in [-0.2, -0.15) is 0 Å². The number of hydrogen-bond donors (Lipinski definition) is 0. The first-order chi connectivity index (χ1) is 4.95. The molecule has 0 fully saturated rings. The number of ether oxygens (including phenoxy) is 1. The minimum atomic E-state index is -3.46. The summed E-state index contributed by atoms with van der Waals surface area (Å²) < 4.78 is 25.2. The van der Waals surface area contributed by atoms with Gasteiger partial charge in [0.15, 0.2) is 0 Å². The third-order valence-corrected chi connectivity index (χ3v) is 2.07. The van der Waals surface area contributed by atoms with Crippen molar-refractivity contribution in [3.05, 3.63) is 0 Å². The Hall–Kier alpha value is 0.770. The van der Waals surface area contributed by atoms with Crippen LogP contribution in [-0.2, 0) is 30.1 Å². The first-order valence-electron chi connectivity index (χ1n) is 3.05. The van der Waals surface area contributed by atoms with E-state index in [2.05, 4.69) is 16.4 Å². The van der Waals surface area contributed by atoms with Crippen molar-refractivity contribution in [2.75, 3.05) is 12.4 Å². The van der Waals surface area contributed by atoms with Gasteiger partial charge in [-0.1, -0.05) is 0 Å². The van der Waals surface area contributed by atoms with Crippen LogP contribution in [0, 0.1) is 0 Å². The second-order valence-electron chi connectivity index (χ2n) is 1.82. The molecule has 0 heterocycles. The van der Waals surface area contributed by atoms with Crippen molar-refractivity contribution < 1.29 is 47.5 Å². The summed E-state index contributed by atoms with van der Waals surface area (Å²) in [7, 11) is -3.46. The molecule has 0 aromatic heterocycles. The normalized spacial score (nSPS) is 10.2. The van der Waals surface area contributed by atoms with Gasteiger partial charge in [-0.3, -0.25) is 13.2 Å². The summed E-state index contributed by atoms with van der Waals surface area (Å²) in [5.41, 5.74) is 0. The summed E-state index contributed by atoms with van der Waals surface area (Å²) in [4.78, 5) is 10.6. The first kappa shape index (κ1) is 15.3. The summed E-state index contributed by atoms with van der Waals surface area (Å²) in [5, 5.41) is 0. The summed E-state index contributed by atoms with van der Waals surface area (Å²) in [6, 6.07) is 0. The SMILES string of the molecule is CCOC(=O)CCS(=O)(=O)[S-].[Na+]. The molecule has 0 aromatic carbocycles. The van der Waals surface area contributed by atoms with Gasteiger partial charge in [0.1, 0.15) is 0 Å². The Labute approximate surface area is 99.1 Å². The predicted octanol–water partition coefficient (Wildman–Crippen LogP) is -3.18. The van der Waals surface area contributed by atoms with Crippen molar-refractivity contribution in [1.82, 2.24) is 0 Å². The molecule has 0 amide bonds. The zero-order chi connectivity index (χ0) is 8.91. The molecule has 0 aromatic rings. The van der Waals surface area contributed by atoms with Gasteiger partial charge >= 0.3 is 35.5 Å². The predicted molar refractivity (Wildman–Crippen MR) is 42.4 cm³/mol. The maximum absolute atomic E-state index is 10.6. The van der Waals surface area contributed by atoms with Crippen molar-refractivity contribution in [2.24, 2.45) is 0 Å². The van der Waals surface area contributed by atoms with E-state index in [0.717, 1.165) is 0 Å². The number of carbonyl (C=O) groups excluding carboxylic acids is 1. The van der Waals surface area contributed by atoms with Crippen molar-refractivity contribution >= 4 is 26.5 Å². The maximum atomic E-state index is 10.6. The average Bonchev–Trinajstić information content (AvgIpc) is 1.83. The Kier molecular flexibility index (Phi) is 9.15. The van der Waals surface area contributed by atoms with Gasteiger partial charge in [-0.25, -0.2) is 0 Å². The van der Waals surface area contributed by atoms with E-state index in [0.29, 0.717) is 0 Å². The van der Waals surface area contributed by atoms with Crippen LogP contribution in [0.5, 0.6) is 0 Å². The van der Waals surface area contributed by atoms with Gasteiger partial charge in [-0.05, 0) is 6.92 Å². The molecule has 0 spiro atoms. The number of carbonyl (C=O) groups is 1. The van der Waals surface area contributed by atoms with Gasteiger partial charge in [-0.15, -0.1) is 0 Å². The van der Waals surface area contributed by atoms with Crippen LogP contribution >= 0.6 is 0 Å². The van der Waals surface area contributed by atoms with Gasteiger partial charge in [0.25, 0.3) is 0 Å². The topological polar surface area (TPSA) is 60.4 Å². The molecule has 66 valence electrons. The van der Waals surface area contributed by atoms with E-state index in [1.165, 1.54) is 0 Å². The Balaban J connectivity index is 0. The molecule has 0 bridgehead atoms. The molecule has 0 N–H and O–H groups in total. The zero-order valence-corrected chi connectivity index (χ0v) is 10.7. The van der Waals surface area contributed by atoms with E-state index in [4.69, 9.17) is 0 Å². The van der Waals surface area contributed by atoms with Crippen LogP contribution in [0.2, 0.25) is 0 Å². The molecule has 0 aliphatic heterocycles. The van der Waals surface area contributed by atoms with Crippen LogP contribution in [0.15, 0.2) is 0 Å². The molecule has 12 heavy (non-hydrogen) atoms. The molecule has 0 rings (SSSR count). The Bertz CT molecular complexity index is 224. The molecule has 0 aliphatic rings. The Morgan fingerprint density at radius 2 is 2.00 bits per heavy atom. The second kappa shape index (κ2) is 7.20. The molecule has 0 unspecified atom stereocenters. The fourth-order valence-electron chi connectivity index (χ4n) is 0.441. The minimum Gasteiger partial charge on any atom is -0.649 e. The van der Waals surface area contributed by atoms with E-state index in [1.54, 1.807) is 6.92 Å². The van der Waals surface area contributed by atoms with Crippen LogP contribution in [0.3, 0.4) is 0 Å². The van der Waals surface area contributed by atoms with E-state index >= 15 is 0 Å². The third-order valence-electron chi connectivity index (χ3n) is 0.862. The number of rotatable bonds is 4. The summed E-state index contributed by atoms with van der Waals surface area (Å²) in [6.07, 6.45) is -0.153. The summed E-state index contributed by atoms with van der Waals surface area (Å²) in [6.45, 7) is 1.91. The first-order valence-corrected chi connectivity index (χ1v) is 5.62. The largest absolute Gasteiger partial charge is 1.00 e. The van der Waals surface area contributed by atoms with Crippen molar-refractivity contribution in [1.29, 1.82) is 0 Å². The Morgan fingerprint density at radius 1 is 1.50 bits per heavy atom. The minimum absolute atomic E-state index is 0. The van der Waals surface area contributed by atoms with Gasteiger partial charge in [0.2, 0.25) is 0 Å². The van der Waals surface area contributed by atoms with E-state index in [9.17, 15) is 13.2 Å². The van der Waals surface area contributed by atoms with E-state index < -0.39 is 14.8 Å². The summed E-state index contributed by atoms with van der Waals surface area (Å²) >= 11 is 4.05. The van der Waals surface area contributed by atoms with Crippen molar-refractivity contribution in [3.63, 3.8) is 0 Å². The van der Waals surface area contributed by atoms with E-state index in [1.807, 2.05) is 0 Å². The molecule has 0 aliphatic carbocycles. The molecule has 4 nitrogen and oxygen atoms in total. The molecule has 0 saturated heterocycles. The maximum Gasteiger partial charge on any atom is 1.00 e. The zero-order valence-electron chi connectivity index (χ0n) is 7.07. The molecule has 0 radical (unpaired) electrons. The molecular formula is C5H9NaO4S2. The summed E-state index contributed by atoms with van der Waals surface area (Å²) in [5.74, 6) is -0.845. The van der Waals surface area contributed by atoms with Crippen LogP contribution in [0.4, 0.5) is 0 Å². The van der Waals surface area contributed by atoms with E-state index in [-0.39, 0.29) is 48.3 Å².